The van der Waals surface area contributed by atoms with E-state index in [9.17, 15) is 9.59 Å². The van der Waals surface area contributed by atoms with Crippen LogP contribution < -0.4 is 10.6 Å². The lowest BCUT2D eigenvalue weighted by Crippen LogP contribution is -2.63. The highest BCUT2D eigenvalue weighted by Crippen LogP contribution is 2.21. The van der Waals surface area contributed by atoms with Crippen molar-refractivity contribution in [3.8, 4) is 0 Å². The van der Waals surface area contributed by atoms with Gasteiger partial charge in [-0.05, 0) is 39.3 Å². The van der Waals surface area contributed by atoms with Crippen molar-refractivity contribution in [2.24, 2.45) is 5.92 Å². The number of carbonyl (C=O) groups excluding carboxylic acids is 2. The second kappa shape index (κ2) is 5.89. The predicted molar refractivity (Wildman–Crippen MR) is 71.6 cm³/mol. The molecule has 18 heavy (non-hydrogen) atoms. The number of rotatable bonds is 2. The van der Waals surface area contributed by atoms with Crippen LogP contribution in [0.2, 0.25) is 0 Å². The summed E-state index contributed by atoms with van der Waals surface area (Å²) in [5, 5.41) is 6.07. The van der Waals surface area contributed by atoms with Crippen molar-refractivity contribution in [2.45, 2.75) is 32.2 Å². The summed E-state index contributed by atoms with van der Waals surface area (Å²) in [6.07, 6.45) is 1.62. The number of carbonyl (C=O) groups is 2. The molecule has 2 heterocycles. The van der Waals surface area contributed by atoms with Gasteiger partial charge in [0.2, 0.25) is 11.8 Å². The second-order valence-electron chi connectivity index (χ2n) is 5.42. The Hall–Kier alpha value is -0.810. The zero-order valence-electron chi connectivity index (χ0n) is 11.0. The highest BCUT2D eigenvalue weighted by molar-refractivity contribution is 5.91. The minimum atomic E-state index is -0.707. The standard InChI is InChI=1S/C12H21N3O2.ClH/c1-12(2)11(17)14-5-6-15(12)10(16)7-9-3-4-13-8-9;/h9,13H,3-8H2,1-2H3,(H,14,17);1H. The Labute approximate surface area is 114 Å². The Bertz CT molecular complexity index is 327. The molecule has 1 unspecified atom stereocenters. The van der Waals surface area contributed by atoms with Gasteiger partial charge in [-0.2, -0.15) is 0 Å². The van der Waals surface area contributed by atoms with Gasteiger partial charge < -0.3 is 15.5 Å². The Morgan fingerprint density at radius 3 is 2.78 bits per heavy atom. The quantitative estimate of drug-likeness (QED) is 0.754. The van der Waals surface area contributed by atoms with E-state index in [1.807, 2.05) is 13.8 Å². The highest BCUT2D eigenvalue weighted by Gasteiger charge is 2.40. The smallest absolute Gasteiger partial charge is 0.245 e. The van der Waals surface area contributed by atoms with Gasteiger partial charge in [-0.25, -0.2) is 0 Å². The molecule has 2 rings (SSSR count). The molecule has 0 aliphatic carbocycles. The molecule has 0 saturated carbocycles. The van der Waals surface area contributed by atoms with Crippen LogP contribution in [0, 0.1) is 5.92 Å². The van der Waals surface area contributed by atoms with E-state index in [0.717, 1.165) is 19.5 Å². The summed E-state index contributed by atoms with van der Waals surface area (Å²) < 4.78 is 0. The largest absolute Gasteiger partial charge is 0.352 e. The summed E-state index contributed by atoms with van der Waals surface area (Å²) in [6.45, 7) is 6.74. The molecule has 0 aromatic carbocycles. The van der Waals surface area contributed by atoms with Gasteiger partial charge in [0, 0.05) is 19.5 Å². The molecule has 0 spiro atoms. The van der Waals surface area contributed by atoms with Gasteiger partial charge in [0.25, 0.3) is 0 Å². The first-order valence-electron chi connectivity index (χ1n) is 6.31. The van der Waals surface area contributed by atoms with E-state index < -0.39 is 5.54 Å². The van der Waals surface area contributed by atoms with E-state index in [2.05, 4.69) is 10.6 Å². The molecule has 104 valence electrons. The monoisotopic (exact) mass is 275 g/mol. The van der Waals surface area contributed by atoms with E-state index in [-0.39, 0.29) is 24.2 Å². The highest BCUT2D eigenvalue weighted by atomic mass is 35.5. The Kier molecular flexibility index (Phi) is 4.99. The van der Waals surface area contributed by atoms with Crippen molar-refractivity contribution >= 4 is 24.2 Å². The molecule has 0 radical (unpaired) electrons. The van der Waals surface area contributed by atoms with E-state index in [1.54, 1.807) is 4.90 Å². The Morgan fingerprint density at radius 1 is 1.44 bits per heavy atom. The lowest BCUT2D eigenvalue weighted by atomic mass is 9.96. The normalized spacial score (nSPS) is 26.4. The number of piperazine rings is 1. The number of halogens is 1. The molecular weight excluding hydrogens is 254 g/mol. The van der Waals surface area contributed by atoms with Crippen LogP contribution in [0.25, 0.3) is 0 Å². The van der Waals surface area contributed by atoms with Crippen LogP contribution >= 0.6 is 12.4 Å². The summed E-state index contributed by atoms with van der Waals surface area (Å²) in [4.78, 5) is 25.7. The predicted octanol–water partition coefficient (Wildman–Crippen LogP) is 0.145. The lowest BCUT2D eigenvalue weighted by Gasteiger charge is -2.41. The van der Waals surface area contributed by atoms with Crippen molar-refractivity contribution in [3.05, 3.63) is 0 Å². The maximum Gasteiger partial charge on any atom is 0.245 e. The molecule has 2 aliphatic rings. The van der Waals surface area contributed by atoms with Crippen LogP contribution in [-0.4, -0.2) is 48.4 Å². The summed E-state index contributed by atoms with van der Waals surface area (Å²) in [5.74, 6) is 0.489. The van der Waals surface area contributed by atoms with Crippen molar-refractivity contribution in [3.63, 3.8) is 0 Å². The van der Waals surface area contributed by atoms with Crippen molar-refractivity contribution in [2.75, 3.05) is 26.2 Å². The number of nitrogens with zero attached hydrogens (tertiary/aromatic N) is 1. The van der Waals surface area contributed by atoms with Gasteiger partial charge in [-0.15, -0.1) is 12.4 Å². The van der Waals surface area contributed by atoms with Crippen molar-refractivity contribution in [1.82, 2.24) is 15.5 Å². The van der Waals surface area contributed by atoms with E-state index >= 15 is 0 Å². The third kappa shape index (κ3) is 2.95. The summed E-state index contributed by atoms with van der Waals surface area (Å²) in [7, 11) is 0. The van der Waals surface area contributed by atoms with Crippen molar-refractivity contribution in [1.29, 1.82) is 0 Å². The molecule has 5 nitrogen and oxygen atoms in total. The first-order valence-corrected chi connectivity index (χ1v) is 6.31. The fraction of sp³-hybridized carbons (Fsp3) is 0.833. The second-order valence-corrected chi connectivity index (χ2v) is 5.42. The fourth-order valence-corrected chi connectivity index (χ4v) is 2.58. The summed E-state index contributed by atoms with van der Waals surface area (Å²) in [6, 6.07) is 0. The van der Waals surface area contributed by atoms with E-state index in [4.69, 9.17) is 0 Å². The third-order valence-electron chi connectivity index (χ3n) is 3.78. The molecule has 6 heteroatoms. The molecule has 0 bridgehead atoms. The Balaban J connectivity index is 0.00000162. The van der Waals surface area contributed by atoms with Crippen LogP contribution in [0.5, 0.6) is 0 Å². The van der Waals surface area contributed by atoms with Gasteiger partial charge in [-0.3, -0.25) is 9.59 Å². The van der Waals surface area contributed by atoms with Crippen LogP contribution in [0.1, 0.15) is 26.7 Å². The molecule has 2 aliphatic heterocycles. The molecule has 2 N–H and O–H groups in total. The molecule has 0 aromatic rings. The molecular formula is C12H22ClN3O2. The number of hydrogen-bond donors (Lipinski definition) is 2. The lowest BCUT2D eigenvalue weighted by molar-refractivity contribution is -0.149. The zero-order chi connectivity index (χ0) is 12.5. The first kappa shape index (κ1) is 15.2. The van der Waals surface area contributed by atoms with Gasteiger partial charge in [0.05, 0.1) is 0 Å². The number of hydrogen-bond acceptors (Lipinski definition) is 3. The average molecular weight is 276 g/mol. The third-order valence-corrected chi connectivity index (χ3v) is 3.78. The van der Waals surface area contributed by atoms with Crippen LogP contribution in [0.3, 0.4) is 0 Å². The molecule has 2 fully saturated rings. The number of nitrogens with one attached hydrogen (secondary N) is 2. The minimum Gasteiger partial charge on any atom is -0.352 e. The zero-order valence-corrected chi connectivity index (χ0v) is 11.8. The van der Waals surface area contributed by atoms with E-state index in [0.29, 0.717) is 25.4 Å². The molecule has 0 aromatic heterocycles. The maximum atomic E-state index is 12.2. The molecule has 2 amide bonds. The summed E-state index contributed by atoms with van der Waals surface area (Å²) >= 11 is 0. The fourth-order valence-electron chi connectivity index (χ4n) is 2.58. The first-order chi connectivity index (χ1) is 8.01. The van der Waals surface area contributed by atoms with Crippen LogP contribution in [0.4, 0.5) is 0 Å². The van der Waals surface area contributed by atoms with Gasteiger partial charge in [0.1, 0.15) is 5.54 Å². The minimum absolute atomic E-state index is 0. The summed E-state index contributed by atoms with van der Waals surface area (Å²) in [5.41, 5.74) is -0.707. The topological polar surface area (TPSA) is 61.4 Å². The SMILES string of the molecule is CC1(C)C(=O)NCCN1C(=O)CC1CCNC1.Cl. The van der Waals surface area contributed by atoms with Gasteiger partial charge in [-0.1, -0.05) is 0 Å². The van der Waals surface area contributed by atoms with Crippen LogP contribution in [0.15, 0.2) is 0 Å². The van der Waals surface area contributed by atoms with E-state index in [1.165, 1.54) is 0 Å². The van der Waals surface area contributed by atoms with Crippen molar-refractivity contribution < 1.29 is 9.59 Å². The maximum absolute atomic E-state index is 12.2. The number of amides is 2. The van der Waals surface area contributed by atoms with Gasteiger partial charge in [0.15, 0.2) is 0 Å². The van der Waals surface area contributed by atoms with Gasteiger partial charge >= 0.3 is 0 Å². The molecule has 2 saturated heterocycles. The van der Waals surface area contributed by atoms with Crippen LogP contribution in [-0.2, 0) is 9.59 Å². The molecule has 1 atom stereocenters. The Morgan fingerprint density at radius 2 is 2.17 bits per heavy atom. The average Bonchev–Trinajstić information content (AvgIpc) is 2.74.